The third-order valence-electron chi connectivity index (χ3n) is 12.4. The molecule has 4 fully saturated rings. The lowest BCUT2D eigenvalue weighted by molar-refractivity contribution is -0.144. The zero-order valence-corrected chi connectivity index (χ0v) is 33.8. The smallest absolute Gasteiger partial charge is 0.259 e. The van der Waals surface area contributed by atoms with Gasteiger partial charge in [0.1, 0.15) is 29.2 Å². The van der Waals surface area contributed by atoms with E-state index in [1.807, 2.05) is 66.7 Å². The summed E-state index contributed by atoms with van der Waals surface area (Å²) in [5.41, 5.74) is 0.722. The van der Waals surface area contributed by atoms with E-state index in [4.69, 9.17) is 14.5 Å². The maximum absolute atomic E-state index is 14.8. The minimum atomic E-state index is -3.88. The number of pyridine rings is 1. The molecular weight excluding hydrogens is 759 g/mol. The number of allylic oxidation sites excluding steroid dienone is 1. The van der Waals surface area contributed by atoms with Gasteiger partial charge in [0.15, 0.2) is 0 Å². The molecule has 3 N–H and O–H groups in total. The summed E-state index contributed by atoms with van der Waals surface area (Å²) in [6.45, 7) is 0.0664. The lowest BCUT2D eigenvalue weighted by atomic mass is 9.94. The molecule has 3 aromatic rings. The molecule has 4 amide bonds. The number of ether oxygens (including phenoxy) is 2. The molecule has 308 valence electrons. The normalized spacial score (nSPS) is 26.8. The van der Waals surface area contributed by atoms with Crippen LogP contribution >= 0.6 is 0 Å². The molecule has 2 aliphatic heterocycles. The van der Waals surface area contributed by atoms with E-state index in [2.05, 4.69) is 15.4 Å². The number of rotatable bonds is 10. The number of hydrogen-bond acceptors (Lipinski definition) is 9. The number of fused-ring (bicyclic) bond motifs is 3. The number of carbonyl (C=O) groups excluding carboxylic acids is 4. The van der Waals surface area contributed by atoms with E-state index in [9.17, 15) is 27.6 Å². The second-order valence-electron chi connectivity index (χ2n) is 16.7. The van der Waals surface area contributed by atoms with Crippen LogP contribution in [0.5, 0.6) is 11.5 Å². The highest BCUT2D eigenvalue weighted by Gasteiger charge is 2.62. The van der Waals surface area contributed by atoms with Gasteiger partial charge in [0, 0.05) is 53.8 Å². The molecule has 5 atom stereocenters. The highest BCUT2D eigenvalue weighted by molar-refractivity contribution is 7.91. The number of amides is 4. The summed E-state index contributed by atoms with van der Waals surface area (Å²) in [7, 11) is -2.29. The molecule has 14 heteroatoms. The highest BCUT2D eigenvalue weighted by atomic mass is 32.2. The molecule has 58 heavy (non-hydrogen) atoms. The van der Waals surface area contributed by atoms with Crippen molar-refractivity contribution < 1.29 is 37.1 Å². The molecule has 0 unspecified atom stereocenters. The predicted octanol–water partition coefficient (Wildman–Crippen LogP) is 5.33. The van der Waals surface area contributed by atoms with Crippen molar-refractivity contribution in [2.75, 3.05) is 13.7 Å². The zero-order valence-electron chi connectivity index (χ0n) is 33.0. The summed E-state index contributed by atoms with van der Waals surface area (Å²) in [5, 5.41) is 6.20. The average Bonchev–Trinajstić information content (AvgIpc) is 4.09. The first-order valence-electron chi connectivity index (χ1n) is 20.9. The van der Waals surface area contributed by atoms with Gasteiger partial charge in [0.05, 0.1) is 30.1 Å². The van der Waals surface area contributed by atoms with Gasteiger partial charge in [-0.3, -0.25) is 23.9 Å². The summed E-state index contributed by atoms with van der Waals surface area (Å²) in [6.07, 6.45) is 12.2. The van der Waals surface area contributed by atoms with Crippen LogP contribution in [0.3, 0.4) is 0 Å². The Morgan fingerprint density at radius 1 is 0.966 bits per heavy atom. The summed E-state index contributed by atoms with van der Waals surface area (Å²) >= 11 is 0. The molecule has 1 saturated heterocycles. The fourth-order valence-electron chi connectivity index (χ4n) is 8.90. The quantitative estimate of drug-likeness (QED) is 0.229. The number of nitrogens with one attached hydrogen (secondary N) is 3. The lowest BCUT2D eigenvalue weighted by Gasteiger charge is -2.29. The Bertz CT molecular complexity index is 2190. The van der Waals surface area contributed by atoms with Crippen molar-refractivity contribution >= 4 is 44.6 Å². The van der Waals surface area contributed by atoms with Crippen molar-refractivity contribution in [3.05, 3.63) is 66.7 Å². The van der Waals surface area contributed by atoms with Gasteiger partial charge < -0.3 is 25.0 Å². The minimum Gasteiger partial charge on any atom is -0.497 e. The van der Waals surface area contributed by atoms with Gasteiger partial charge in [0.2, 0.25) is 27.7 Å². The topological polar surface area (TPSA) is 173 Å². The van der Waals surface area contributed by atoms with Crippen molar-refractivity contribution in [2.24, 2.45) is 11.8 Å². The maximum atomic E-state index is 14.8. The lowest BCUT2D eigenvalue weighted by Crippen LogP contribution is -2.57. The summed E-state index contributed by atoms with van der Waals surface area (Å²) < 4.78 is 40.4. The summed E-state index contributed by atoms with van der Waals surface area (Å²) in [6, 6.07) is 16.2. The van der Waals surface area contributed by atoms with Crippen molar-refractivity contribution in [3.63, 3.8) is 0 Å². The second-order valence-corrected chi connectivity index (χ2v) is 18.7. The predicted molar refractivity (Wildman–Crippen MR) is 218 cm³/mol. The number of methoxy groups -OCH3 is 1. The van der Waals surface area contributed by atoms with Gasteiger partial charge in [-0.25, -0.2) is 13.4 Å². The van der Waals surface area contributed by atoms with Crippen molar-refractivity contribution in [2.45, 2.75) is 119 Å². The average molecular weight is 812 g/mol. The van der Waals surface area contributed by atoms with Gasteiger partial charge in [0.25, 0.3) is 5.91 Å². The molecule has 13 nitrogen and oxygen atoms in total. The third-order valence-corrected chi connectivity index (χ3v) is 14.3. The van der Waals surface area contributed by atoms with Crippen LogP contribution in [0, 0.1) is 11.8 Å². The van der Waals surface area contributed by atoms with Crippen molar-refractivity contribution in [3.8, 4) is 22.8 Å². The first kappa shape index (κ1) is 39.8. The molecule has 0 radical (unpaired) electrons. The minimum absolute atomic E-state index is 0.0102. The largest absolute Gasteiger partial charge is 0.497 e. The Morgan fingerprint density at radius 3 is 2.50 bits per heavy atom. The molecule has 1 aromatic heterocycles. The highest BCUT2D eigenvalue weighted by Crippen LogP contribution is 2.46. The molecule has 2 aromatic carbocycles. The second kappa shape index (κ2) is 16.7. The number of carbonyl (C=O) groups is 4. The van der Waals surface area contributed by atoms with E-state index in [1.165, 1.54) is 4.90 Å². The van der Waals surface area contributed by atoms with Crippen LogP contribution in [0.4, 0.5) is 0 Å². The third kappa shape index (κ3) is 8.72. The molecule has 0 bridgehead atoms. The SMILES string of the molecule is COc1ccc2c(O[C@@H]3C[C@H]4C(=O)N[C@]5(C(=O)NS(=O)(=O)C6CC6)C[C@H]5C=CCCCCC[C@H](CC(=O)NC5CCCC5)C(=O)N4C3)cc(-c3ccccc3)nc2c1. The Morgan fingerprint density at radius 2 is 1.74 bits per heavy atom. The first-order chi connectivity index (χ1) is 28.0. The Hall–Kier alpha value is -4.98. The monoisotopic (exact) mass is 811 g/mol. The maximum Gasteiger partial charge on any atom is 0.259 e. The fourth-order valence-corrected chi connectivity index (χ4v) is 10.3. The molecule has 3 heterocycles. The van der Waals surface area contributed by atoms with Crippen LogP contribution in [0.2, 0.25) is 0 Å². The van der Waals surface area contributed by atoms with E-state index in [1.54, 1.807) is 7.11 Å². The van der Waals surface area contributed by atoms with Crippen LogP contribution in [0.1, 0.15) is 89.9 Å². The van der Waals surface area contributed by atoms with Crippen LogP contribution in [0.25, 0.3) is 22.2 Å². The summed E-state index contributed by atoms with van der Waals surface area (Å²) in [4.78, 5) is 63.1. The van der Waals surface area contributed by atoms with E-state index in [0.717, 1.165) is 62.3 Å². The van der Waals surface area contributed by atoms with Crippen LogP contribution < -0.4 is 24.8 Å². The van der Waals surface area contributed by atoms with Crippen LogP contribution in [0.15, 0.2) is 66.7 Å². The van der Waals surface area contributed by atoms with Crippen LogP contribution in [-0.2, 0) is 29.2 Å². The first-order valence-corrected chi connectivity index (χ1v) is 22.4. The van der Waals surface area contributed by atoms with Gasteiger partial charge in [-0.2, -0.15) is 0 Å². The summed E-state index contributed by atoms with van der Waals surface area (Å²) in [5.74, 6) is -1.72. The molecule has 3 aliphatic carbocycles. The Kier molecular flexibility index (Phi) is 11.5. The van der Waals surface area contributed by atoms with Gasteiger partial charge in [-0.05, 0) is 63.5 Å². The number of sulfonamides is 1. The van der Waals surface area contributed by atoms with E-state index in [0.29, 0.717) is 42.0 Å². The molecular formula is C44H53N5O8S. The van der Waals surface area contributed by atoms with Crippen molar-refractivity contribution in [1.82, 2.24) is 25.2 Å². The molecule has 0 spiro atoms. The van der Waals surface area contributed by atoms with Gasteiger partial charge in [-0.15, -0.1) is 0 Å². The van der Waals surface area contributed by atoms with E-state index < -0.39 is 56.6 Å². The Balaban J connectivity index is 1.11. The standard InChI is InChI=1S/C44H53N5O8S/c1-56-32-18-21-35-37(23-32)46-36(28-12-7-5-8-13-28)25-39(35)57-33-24-38-41(51)47-44(43(53)48-58(54,55)34-19-20-34)26-30(44)15-9-4-2-3-6-14-29(42(52)49(38)27-33)22-40(50)45-31-16-10-11-17-31/h5,7-9,12-13,15,18,21,23,25,29-31,33-34,38H,2-4,6,10-11,14,16-17,19-20,22,24,26-27H2,1H3,(H,45,50)(H,47,51)(H,48,53)/t29-,30-,33-,38+,44-/m1/s1. The van der Waals surface area contributed by atoms with Gasteiger partial charge >= 0.3 is 0 Å². The van der Waals surface area contributed by atoms with E-state index in [-0.39, 0.29) is 43.7 Å². The molecule has 3 saturated carbocycles. The number of nitrogens with zero attached hydrogens (tertiary/aromatic N) is 2. The van der Waals surface area contributed by atoms with E-state index >= 15 is 0 Å². The number of hydrogen-bond donors (Lipinski definition) is 3. The number of aromatic nitrogens is 1. The van der Waals surface area contributed by atoms with Crippen LogP contribution in [-0.4, -0.2) is 84.6 Å². The fraction of sp³-hybridized carbons (Fsp3) is 0.523. The molecule has 5 aliphatic rings. The Labute approximate surface area is 339 Å². The molecule has 8 rings (SSSR count). The number of benzene rings is 2. The van der Waals surface area contributed by atoms with Gasteiger partial charge in [-0.1, -0.05) is 68.2 Å². The zero-order chi connectivity index (χ0) is 40.4. The van der Waals surface area contributed by atoms with Crippen molar-refractivity contribution in [1.29, 1.82) is 0 Å².